The molecule has 6 rings (SSSR count). The summed E-state index contributed by atoms with van der Waals surface area (Å²) in [6.45, 7) is 2.83. The van der Waals surface area contributed by atoms with Crippen LogP contribution in [0.25, 0.3) is 11.3 Å². The molecule has 0 saturated carbocycles. The van der Waals surface area contributed by atoms with Crippen LogP contribution in [-0.2, 0) is 20.0 Å². The number of ether oxygens (including phenoxy) is 2. The molecule has 0 saturated heterocycles. The number of pyridine rings is 1. The van der Waals surface area contributed by atoms with Gasteiger partial charge in [0.15, 0.2) is 11.5 Å². The minimum absolute atomic E-state index is 0.0482. The highest BCUT2D eigenvalue weighted by Crippen LogP contribution is 2.37. The average Bonchev–Trinajstić information content (AvgIpc) is 3.45. The molecule has 2 aliphatic heterocycles. The highest BCUT2D eigenvalue weighted by Gasteiger charge is 2.32. The number of fused-ring (bicyclic) bond motifs is 2. The summed E-state index contributed by atoms with van der Waals surface area (Å²) in [5, 5.41) is 4.79. The van der Waals surface area contributed by atoms with Gasteiger partial charge in [-0.3, -0.25) is 14.6 Å². The van der Waals surface area contributed by atoms with Crippen molar-refractivity contribution >= 4 is 0 Å². The quantitative estimate of drug-likeness (QED) is 0.538. The number of H-pyrrole nitrogens is 1. The molecule has 1 N–H and O–H groups in total. The second-order valence-electron chi connectivity index (χ2n) is 8.21. The normalized spacial score (nSPS) is 17.8. The molecule has 0 radical (unpaired) electrons. The van der Waals surface area contributed by atoms with Crippen molar-refractivity contribution in [2.75, 3.05) is 19.8 Å². The van der Waals surface area contributed by atoms with Crippen LogP contribution in [0, 0.1) is 0 Å². The van der Waals surface area contributed by atoms with Gasteiger partial charge in [0, 0.05) is 62.0 Å². The Morgan fingerprint density at radius 2 is 2.06 bits per heavy atom. The Balaban J connectivity index is 1.37. The zero-order chi connectivity index (χ0) is 21.5. The first kappa shape index (κ1) is 19.1. The van der Waals surface area contributed by atoms with Crippen molar-refractivity contribution in [3.8, 4) is 22.8 Å². The molecule has 162 valence electrons. The second kappa shape index (κ2) is 7.80. The van der Waals surface area contributed by atoms with Crippen LogP contribution in [0.3, 0.4) is 0 Å². The van der Waals surface area contributed by atoms with E-state index in [2.05, 4.69) is 38.2 Å². The van der Waals surface area contributed by atoms with E-state index in [0.29, 0.717) is 13.2 Å². The number of hydrogen-bond acceptors (Lipinski definition) is 6. The molecule has 8 nitrogen and oxygen atoms in total. The summed E-state index contributed by atoms with van der Waals surface area (Å²) >= 11 is 0. The number of aromatic nitrogens is 5. The van der Waals surface area contributed by atoms with Crippen LogP contribution in [0.5, 0.6) is 11.5 Å². The van der Waals surface area contributed by atoms with E-state index in [1.807, 2.05) is 42.3 Å². The number of nitrogens with one attached hydrogen (secondary N) is 1. The van der Waals surface area contributed by atoms with E-state index < -0.39 is 0 Å². The third-order valence-corrected chi connectivity index (χ3v) is 6.12. The lowest BCUT2D eigenvalue weighted by atomic mass is 9.96. The Kier molecular flexibility index (Phi) is 4.65. The van der Waals surface area contributed by atoms with Crippen LogP contribution in [0.2, 0.25) is 0 Å². The number of aryl methyl sites for hydroxylation is 1. The van der Waals surface area contributed by atoms with Gasteiger partial charge in [-0.15, -0.1) is 0 Å². The molecule has 0 aliphatic carbocycles. The fourth-order valence-electron chi connectivity index (χ4n) is 4.71. The van der Waals surface area contributed by atoms with E-state index in [1.54, 1.807) is 6.33 Å². The molecule has 0 fully saturated rings. The van der Waals surface area contributed by atoms with Crippen LogP contribution < -0.4 is 9.47 Å². The van der Waals surface area contributed by atoms with Gasteiger partial charge in [-0.25, -0.2) is 4.98 Å². The number of imidazole rings is 1. The zero-order valence-corrected chi connectivity index (χ0v) is 17.9. The minimum atomic E-state index is 0.0482. The van der Waals surface area contributed by atoms with Crippen LogP contribution in [-0.4, -0.2) is 49.4 Å². The van der Waals surface area contributed by atoms with Crippen molar-refractivity contribution in [3.05, 3.63) is 77.8 Å². The van der Waals surface area contributed by atoms with E-state index >= 15 is 0 Å². The summed E-state index contributed by atoms with van der Waals surface area (Å²) in [4.78, 5) is 14.8. The maximum atomic E-state index is 5.80. The van der Waals surface area contributed by atoms with Gasteiger partial charge in [0.2, 0.25) is 0 Å². The fraction of sp³-hybridized carbons (Fsp3) is 0.292. The summed E-state index contributed by atoms with van der Waals surface area (Å²) in [6.07, 6.45) is 8.58. The molecule has 3 aromatic heterocycles. The molecule has 0 spiro atoms. The maximum Gasteiger partial charge on any atom is 0.162 e. The molecule has 32 heavy (non-hydrogen) atoms. The predicted octanol–water partition coefficient (Wildman–Crippen LogP) is 3.12. The first-order valence-corrected chi connectivity index (χ1v) is 10.8. The van der Waals surface area contributed by atoms with Gasteiger partial charge in [0.05, 0.1) is 23.8 Å². The lowest BCUT2D eigenvalue weighted by Crippen LogP contribution is -2.36. The molecule has 5 heterocycles. The topological polar surface area (TPSA) is 81.1 Å². The van der Waals surface area contributed by atoms with Crippen molar-refractivity contribution in [3.63, 3.8) is 0 Å². The molecule has 1 atom stereocenters. The second-order valence-corrected chi connectivity index (χ2v) is 8.21. The van der Waals surface area contributed by atoms with Crippen molar-refractivity contribution in [2.24, 2.45) is 7.05 Å². The highest BCUT2D eigenvalue weighted by molar-refractivity contribution is 5.67. The van der Waals surface area contributed by atoms with Crippen LogP contribution in [0.4, 0.5) is 0 Å². The van der Waals surface area contributed by atoms with Gasteiger partial charge in [-0.2, -0.15) is 5.10 Å². The Bertz CT molecular complexity index is 1250. The van der Waals surface area contributed by atoms with Crippen LogP contribution >= 0.6 is 0 Å². The van der Waals surface area contributed by atoms with Gasteiger partial charge in [-0.1, -0.05) is 6.07 Å². The maximum absolute atomic E-state index is 5.80. The van der Waals surface area contributed by atoms with E-state index in [-0.39, 0.29) is 6.04 Å². The summed E-state index contributed by atoms with van der Waals surface area (Å²) in [6, 6.07) is 10.2. The largest absolute Gasteiger partial charge is 0.486 e. The van der Waals surface area contributed by atoms with E-state index in [9.17, 15) is 0 Å². The van der Waals surface area contributed by atoms with Gasteiger partial charge in [0.1, 0.15) is 13.2 Å². The van der Waals surface area contributed by atoms with E-state index in [0.717, 1.165) is 59.1 Å². The summed E-state index contributed by atoms with van der Waals surface area (Å²) < 4.78 is 13.4. The van der Waals surface area contributed by atoms with Crippen molar-refractivity contribution in [1.82, 2.24) is 29.6 Å². The molecule has 4 aromatic rings. The van der Waals surface area contributed by atoms with Crippen molar-refractivity contribution < 1.29 is 9.47 Å². The Labute approximate surface area is 185 Å². The number of aromatic amines is 1. The smallest absolute Gasteiger partial charge is 0.162 e. The number of rotatable bonds is 4. The molecule has 1 unspecified atom stereocenters. The molecular weight excluding hydrogens is 404 g/mol. The monoisotopic (exact) mass is 428 g/mol. The average molecular weight is 428 g/mol. The Morgan fingerprint density at radius 3 is 2.94 bits per heavy atom. The van der Waals surface area contributed by atoms with Crippen molar-refractivity contribution in [1.29, 1.82) is 0 Å². The fourth-order valence-corrected chi connectivity index (χ4v) is 4.71. The van der Waals surface area contributed by atoms with E-state index in [1.165, 1.54) is 5.69 Å². The van der Waals surface area contributed by atoms with Gasteiger partial charge in [-0.05, 0) is 29.8 Å². The minimum Gasteiger partial charge on any atom is -0.486 e. The molecule has 1 aromatic carbocycles. The summed E-state index contributed by atoms with van der Waals surface area (Å²) in [7, 11) is 1.96. The summed E-state index contributed by atoms with van der Waals surface area (Å²) in [5.74, 6) is 1.56. The number of hydrogen-bond donors (Lipinski definition) is 1. The Hall–Kier alpha value is -3.65. The van der Waals surface area contributed by atoms with Crippen LogP contribution in [0.15, 0.2) is 55.2 Å². The predicted molar refractivity (Wildman–Crippen MR) is 118 cm³/mol. The molecule has 2 aliphatic rings. The molecule has 0 bridgehead atoms. The van der Waals surface area contributed by atoms with Gasteiger partial charge >= 0.3 is 0 Å². The Morgan fingerprint density at radius 1 is 1.16 bits per heavy atom. The van der Waals surface area contributed by atoms with E-state index in [4.69, 9.17) is 14.6 Å². The lowest BCUT2D eigenvalue weighted by Gasteiger charge is -2.35. The number of nitrogens with zero attached hydrogens (tertiary/aromatic N) is 5. The third kappa shape index (κ3) is 3.33. The standard InChI is InChI=1S/C24H24N6O2/c1-29-13-18(22(28-29)16-4-5-20-21(11-16)32-10-9-31-20)14-30-8-6-19-23(27-15-26-19)24(30)17-3-2-7-25-12-17/h2-5,7,11-13,15,24H,6,8-10,14H2,1H3,(H,26,27). The van der Waals surface area contributed by atoms with Gasteiger partial charge in [0.25, 0.3) is 0 Å². The van der Waals surface area contributed by atoms with Gasteiger partial charge < -0.3 is 14.5 Å². The first-order valence-electron chi connectivity index (χ1n) is 10.8. The third-order valence-electron chi connectivity index (χ3n) is 6.12. The number of benzene rings is 1. The lowest BCUT2D eigenvalue weighted by molar-refractivity contribution is 0.171. The molecule has 0 amide bonds. The van der Waals surface area contributed by atoms with Crippen LogP contribution in [0.1, 0.15) is 28.6 Å². The molecule has 8 heteroatoms. The highest BCUT2D eigenvalue weighted by atomic mass is 16.6. The molecular formula is C24H24N6O2. The zero-order valence-electron chi connectivity index (χ0n) is 17.9. The SMILES string of the molecule is Cn1cc(CN2CCc3[nH]cnc3C2c2cccnc2)c(-c2ccc3c(c2)OCCO3)n1. The summed E-state index contributed by atoms with van der Waals surface area (Å²) in [5.41, 5.74) is 6.58. The first-order chi connectivity index (χ1) is 15.8. The van der Waals surface area contributed by atoms with Crippen molar-refractivity contribution in [2.45, 2.75) is 19.0 Å².